The van der Waals surface area contributed by atoms with Gasteiger partial charge in [-0.3, -0.25) is 4.57 Å². The number of thioether (sulfide) groups is 1. The van der Waals surface area contributed by atoms with Gasteiger partial charge in [0.25, 0.3) is 0 Å². The quantitative estimate of drug-likeness (QED) is 0.874. The molecule has 2 N–H and O–H groups in total. The fourth-order valence-electron chi connectivity index (χ4n) is 2.47. The molecule has 0 spiro atoms. The van der Waals surface area contributed by atoms with Crippen LogP contribution in [0.1, 0.15) is 31.0 Å². The maximum Gasteiger partial charge on any atom is 0.222 e. The van der Waals surface area contributed by atoms with Gasteiger partial charge in [-0.25, -0.2) is 0 Å². The zero-order valence-corrected chi connectivity index (χ0v) is 13.5. The van der Waals surface area contributed by atoms with Crippen molar-refractivity contribution in [1.82, 2.24) is 14.8 Å². The van der Waals surface area contributed by atoms with Gasteiger partial charge in [0.05, 0.1) is 6.61 Å². The fraction of sp³-hybridized carbons (Fsp3) is 0.429. The number of nitrogens with zero attached hydrogens (tertiary/aromatic N) is 3. The van der Waals surface area contributed by atoms with Gasteiger partial charge in [0, 0.05) is 28.8 Å². The van der Waals surface area contributed by atoms with Gasteiger partial charge in [-0.2, -0.15) is 0 Å². The molecular weight excluding hydrogens is 308 g/mol. The van der Waals surface area contributed by atoms with E-state index in [4.69, 9.17) is 22.1 Å². The Hall–Kier alpha value is -1.40. The van der Waals surface area contributed by atoms with Crippen LogP contribution in [-0.4, -0.2) is 21.4 Å². The molecule has 0 fully saturated rings. The van der Waals surface area contributed by atoms with Crippen molar-refractivity contribution in [3.05, 3.63) is 28.3 Å². The zero-order valence-electron chi connectivity index (χ0n) is 12.0. The lowest BCUT2D eigenvalue weighted by atomic mass is 10.1. The Morgan fingerprint density at radius 1 is 1.43 bits per heavy atom. The lowest BCUT2D eigenvalue weighted by molar-refractivity contribution is 0.354. The number of hydrogen-bond donors (Lipinski definition) is 1. The van der Waals surface area contributed by atoms with Crippen LogP contribution < -0.4 is 10.5 Å². The molecule has 0 unspecified atom stereocenters. The zero-order chi connectivity index (χ0) is 15.0. The molecule has 112 valence electrons. The average Bonchev–Trinajstić information content (AvgIpc) is 3.02. The lowest BCUT2D eigenvalue weighted by Gasteiger charge is -2.12. The van der Waals surface area contributed by atoms with Gasteiger partial charge in [-0.1, -0.05) is 23.4 Å². The highest BCUT2D eigenvalue weighted by molar-refractivity contribution is 7.98. The van der Waals surface area contributed by atoms with Crippen LogP contribution in [0.4, 0.5) is 5.95 Å². The van der Waals surface area contributed by atoms with Crippen molar-refractivity contribution in [1.29, 1.82) is 0 Å². The Bertz CT molecular complexity index is 671. The number of ether oxygens (including phenoxy) is 1. The number of fused-ring (bicyclic) bond motifs is 1. The number of nitrogen functional groups attached to an aromatic ring is 1. The molecule has 0 saturated heterocycles. The van der Waals surface area contributed by atoms with E-state index in [1.807, 2.05) is 16.7 Å². The molecule has 0 amide bonds. The second kappa shape index (κ2) is 5.77. The number of halogens is 1. The molecule has 1 aliphatic heterocycles. The molecule has 2 aromatic rings. The average molecular weight is 325 g/mol. The first-order valence-corrected chi connectivity index (χ1v) is 8.20. The molecule has 5 nitrogen and oxygen atoms in total. The van der Waals surface area contributed by atoms with Crippen LogP contribution in [0.5, 0.6) is 5.75 Å². The highest BCUT2D eigenvalue weighted by atomic mass is 35.5. The third-order valence-electron chi connectivity index (χ3n) is 3.39. The number of anilines is 1. The summed E-state index contributed by atoms with van der Waals surface area (Å²) in [6.45, 7) is 4.84. The molecule has 21 heavy (non-hydrogen) atoms. The standard InChI is InChI=1S/C14H17ClN4OS/c1-8(2)19-13(16)17-18-14(19)21-7-10-6-11(15)5-9-3-4-20-12(9)10/h5-6,8H,3-4,7H2,1-2H3,(H2,16,17). The molecule has 1 aromatic carbocycles. The molecule has 0 radical (unpaired) electrons. The van der Waals surface area contributed by atoms with Crippen LogP contribution in [-0.2, 0) is 12.2 Å². The van der Waals surface area contributed by atoms with Crippen LogP contribution in [0.15, 0.2) is 17.3 Å². The van der Waals surface area contributed by atoms with E-state index in [-0.39, 0.29) is 6.04 Å². The molecule has 0 atom stereocenters. The van der Waals surface area contributed by atoms with Crippen LogP contribution in [0, 0.1) is 0 Å². The number of rotatable bonds is 4. The smallest absolute Gasteiger partial charge is 0.222 e. The minimum absolute atomic E-state index is 0.226. The summed E-state index contributed by atoms with van der Waals surface area (Å²) < 4.78 is 7.64. The van der Waals surface area contributed by atoms with Crippen molar-refractivity contribution in [3.8, 4) is 5.75 Å². The highest BCUT2D eigenvalue weighted by Gasteiger charge is 2.19. The van der Waals surface area contributed by atoms with Gasteiger partial charge in [0.15, 0.2) is 5.16 Å². The molecule has 3 rings (SSSR count). The summed E-state index contributed by atoms with van der Waals surface area (Å²) in [5.41, 5.74) is 8.13. The Kier molecular flexibility index (Phi) is 3.99. The van der Waals surface area contributed by atoms with E-state index >= 15 is 0 Å². The second-order valence-electron chi connectivity index (χ2n) is 5.24. The Labute approximate surface area is 132 Å². The SMILES string of the molecule is CC(C)n1c(N)nnc1SCc1cc(Cl)cc2c1OCC2. The summed E-state index contributed by atoms with van der Waals surface area (Å²) in [7, 11) is 0. The van der Waals surface area contributed by atoms with Gasteiger partial charge in [0.1, 0.15) is 5.75 Å². The summed E-state index contributed by atoms with van der Waals surface area (Å²) in [5, 5.41) is 9.66. The molecule has 2 heterocycles. The van der Waals surface area contributed by atoms with Gasteiger partial charge in [0.2, 0.25) is 5.95 Å². The third kappa shape index (κ3) is 2.82. The van der Waals surface area contributed by atoms with Gasteiger partial charge < -0.3 is 10.5 Å². The summed E-state index contributed by atoms with van der Waals surface area (Å²) in [6, 6.07) is 4.16. The third-order valence-corrected chi connectivity index (χ3v) is 4.60. The summed E-state index contributed by atoms with van der Waals surface area (Å²) in [6.07, 6.45) is 0.919. The van der Waals surface area contributed by atoms with Crippen molar-refractivity contribution in [2.24, 2.45) is 0 Å². The number of benzene rings is 1. The van der Waals surface area contributed by atoms with Crippen LogP contribution in [0.25, 0.3) is 0 Å². The molecule has 1 aromatic heterocycles. The molecular formula is C14H17ClN4OS. The minimum Gasteiger partial charge on any atom is -0.493 e. The summed E-state index contributed by atoms with van der Waals surface area (Å²) in [4.78, 5) is 0. The fourth-order valence-corrected chi connectivity index (χ4v) is 3.77. The van der Waals surface area contributed by atoms with Gasteiger partial charge in [-0.15, -0.1) is 10.2 Å². The molecule has 0 aliphatic carbocycles. The second-order valence-corrected chi connectivity index (χ2v) is 6.62. The molecule has 1 aliphatic rings. The molecule has 0 bridgehead atoms. The predicted octanol–water partition coefficient (Wildman–Crippen LogP) is 3.32. The van der Waals surface area contributed by atoms with E-state index in [1.54, 1.807) is 11.8 Å². The first kappa shape index (κ1) is 14.5. The Morgan fingerprint density at radius 3 is 3.00 bits per heavy atom. The number of aromatic nitrogens is 3. The van der Waals surface area contributed by atoms with Gasteiger partial charge in [-0.05, 0) is 31.5 Å². The van der Waals surface area contributed by atoms with E-state index in [9.17, 15) is 0 Å². The molecule has 7 heteroatoms. The van der Waals surface area contributed by atoms with E-state index in [1.165, 1.54) is 5.56 Å². The first-order chi connectivity index (χ1) is 10.1. The maximum atomic E-state index is 6.18. The number of hydrogen-bond acceptors (Lipinski definition) is 5. The predicted molar refractivity (Wildman–Crippen MR) is 85.0 cm³/mol. The Balaban J connectivity index is 1.83. The monoisotopic (exact) mass is 324 g/mol. The van der Waals surface area contributed by atoms with Crippen molar-refractivity contribution in [2.75, 3.05) is 12.3 Å². The van der Waals surface area contributed by atoms with Crippen LogP contribution in [0.3, 0.4) is 0 Å². The van der Waals surface area contributed by atoms with Crippen molar-refractivity contribution in [3.63, 3.8) is 0 Å². The van der Waals surface area contributed by atoms with Crippen molar-refractivity contribution < 1.29 is 4.74 Å². The minimum atomic E-state index is 0.226. The number of nitrogens with two attached hydrogens (primary N) is 1. The first-order valence-electron chi connectivity index (χ1n) is 6.83. The topological polar surface area (TPSA) is 66.0 Å². The largest absolute Gasteiger partial charge is 0.493 e. The van der Waals surface area contributed by atoms with Crippen LogP contribution in [0.2, 0.25) is 5.02 Å². The van der Waals surface area contributed by atoms with Crippen molar-refractivity contribution >= 4 is 29.3 Å². The van der Waals surface area contributed by atoms with E-state index < -0.39 is 0 Å². The van der Waals surface area contributed by atoms with Gasteiger partial charge >= 0.3 is 0 Å². The summed E-state index contributed by atoms with van der Waals surface area (Å²) in [5.74, 6) is 2.14. The van der Waals surface area contributed by atoms with E-state index in [0.717, 1.165) is 40.3 Å². The van der Waals surface area contributed by atoms with E-state index in [0.29, 0.717) is 5.95 Å². The maximum absolute atomic E-state index is 6.18. The van der Waals surface area contributed by atoms with Crippen LogP contribution >= 0.6 is 23.4 Å². The van der Waals surface area contributed by atoms with E-state index in [2.05, 4.69) is 24.0 Å². The summed E-state index contributed by atoms with van der Waals surface area (Å²) >= 11 is 7.77. The molecule has 0 saturated carbocycles. The van der Waals surface area contributed by atoms with Crippen molar-refractivity contribution in [2.45, 2.75) is 37.2 Å². The lowest BCUT2D eigenvalue weighted by Crippen LogP contribution is -2.07. The highest BCUT2D eigenvalue weighted by Crippen LogP contribution is 2.36. The normalized spacial score (nSPS) is 13.5. The Morgan fingerprint density at radius 2 is 2.24 bits per heavy atom.